The third-order valence-corrected chi connectivity index (χ3v) is 6.20. The van der Waals surface area contributed by atoms with E-state index in [1.54, 1.807) is 4.90 Å². The van der Waals surface area contributed by atoms with Crippen LogP contribution in [0, 0.1) is 0 Å². The van der Waals surface area contributed by atoms with Gasteiger partial charge in [0.25, 0.3) is 5.91 Å². The smallest absolute Gasteiger partial charge is 0.267 e. The van der Waals surface area contributed by atoms with Crippen molar-refractivity contribution < 1.29 is 24.1 Å². The van der Waals surface area contributed by atoms with Crippen molar-refractivity contribution in [2.24, 2.45) is 0 Å². The first-order chi connectivity index (χ1) is 11.6. The highest BCUT2D eigenvalue weighted by atomic mass is 79.9. The number of halogens is 1. The number of aromatic hydroxyl groups is 1. The van der Waals surface area contributed by atoms with Crippen LogP contribution < -0.4 is 9.47 Å². The van der Waals surface area contributed by atoms with Crippen LogP contribution in [0.5, 0.6) is 17.2 Å². The summed E-state index contributed by atoms with van der Waals surface area (Å²) < 4.78 is 16.5. The van der Waals surface area contributed by atoms with Crippen LogP contribution in [0.25, 0.3) is 10.4 Å². The molecule has 4 rings (SSSR count). The first-order valence-electron chi connectivity index (χ1n) is 7.43. The Bertz CT molecular complexity index is 800. The number of benzene rings is 1. The van der Waals surface area contributed by atoms with E-state index in [0.29, 0.717) is 47.2 Å². The molecule has 1 N–H and O–H groups in total. The van der Waals surface area contributed by atoms with Gasteiger partial charge in [-0.05, 0) is 39.7 Å². The van der Waals surface area contributed by atoms with Gasteiger partial charge in [0, 0.05) is 13.1 Å². The number of carbonyl (C=O) groups is 1. The van der Waals surface area contributed by atoms with Gasteiger partial charge >= 0.3 is 0 Å². The Morgan fingerprint density at radius 3 is 2.75 bits per heavy atom. The maximum absolute atomic E-state index is 12.7. The van der Waals surface area contributed by atoms with Crippen LogP contribution >= 0.6 is 27.3 Å². The zero-order valence-electron chi connectivity index (χ0n) is 12.6. The Hall–Kier alpha value is -1.77. The summed E-state index contributed by atoms with van der Waals surface area (Å²) in [6, 6.07) is 5.55. The van der Waals surface area contributed by atoms with Gasteiger partial charge in [-0.3, -0.25) is 4.79 Å². The molecule has 24 heavy (non-hydrogen) atoms. The SMILES string of the molecule is O=C(c1sc(-c2ccc3c(c2)OCO3)c(Br)c1O)N1CCOCC1. The predicted octanol–water partition coefficient (Wildman–Crippen LogP) is 3.08. The van der Waals surface area contributed by atoms with Gasteiger partial charge in [-0.15, -0.1) is 11.3 Å². The zero-order valence-corrected chi connectivity index (χ0v) is 15.0. The van der Waals surface area contributed by atoms with E-state index in [-0.39, 0.29) is 18.4 Å². The Kier molecular flexibility index (Phi) is 4.11. The molecule has 8 heteroatoms. The van der Waals surface area contributed by atoms with Crippen LogP contribution in [-0.4, -0.2) is 49.0 Å². The van der Waals surface area contributed by atoms with E-state index in [1.165, 1.54) is 11.3 Å². The highest BCUT2D eigenvalue weighted by Gasteiger charge is 2.27. The second-order valence-corrected chi connectivity index (χ2v) is 7.21. The second-order valence-electron chi connectivity index (χ2n) is 5.40. The van der Waals surface area contributed by atoms with Crippen molar-refractivity contribution in [1.29, 1.82) is 0 Å². The lowest BCUT2D eigenvalue weighted by atomic mass is 10.1. The zero-order chi connectivity index (χ0) is 16.7. The molecule has 2 aromatic rings. The summed E-state index contributed by atoms with van der Waals surface area (Å²) in [6.45, 7) is 2.32. The van der Waals surface area contributed by atoms with Gasteiger partial charge in [0.15, 0.2) is 17.2 Å². The van der Waals surface area contributed by atoms with E-state index in [0.717, 1.165) is 10.4 Å². The van der Waals surface area contributed by atoms with Gasteiger partial charge < -0.3 is 24.2 Å². The van der Waals surface area contributed by atoms with Gasteiger partial charge in [-0.1, -0.05) is 0 Å². The number of hydrogen-bond donors (Lipinski definition) is 1. The van der Waals surface area contributed by atoms with Crippen molar-refractivity contribution in [2.75, 3.05) is 33.1 Å². The molecule has 0 bridgehead atoms. The molecule has 1 aromatic heterocycles. The topological polar surface area (TPSA) is 68.2 Å². The van der Waals surface area contributed by atoms with Gasteiger partial charge in [-0.2, -0.15) is 0 Å². The molecule has 2 aliphatic heterocycles. The first kappa shape index (κ1) is 15.7. The summed E-state index contributed by atoms with van der Waals surface area (Å²) in [7, 11) is 0. The molecule has 1 saturated heterocycles. The van der Waals surface area contributed by atoms with Crippen molar-refractivity contribution in [3.8, 4) is 27.7 Å². The van der Waals surface area contributed by atoms with Crippen LogP contribution in [0.1, 0.15) is 9.67 Å². The fraction of sp³-hybridized carbons (Fsp3) is 0.312. The molecule has 0 aliphatic carbocycles. The standard InChI is InChI=1S/C16H14BrNO5S/c17-12-13(19)15(16(20)18-3-5-21-6-4-18)24-14(12)9-1-2-10-11(7-9)23-8-22-10/h1-2,7,19H,3-6,8H2. The molecule has 0 spiro atoms. The van der Waals surface area contributed by atoms with E-state index < -0.39 is 0 Å². The fourth-order valence-corrected chi connectivity index (χ4v) is 4.53. The van der Waals surface area contributed by atoms with Crippen LogP contribution in [-0.2, 0) is 4.74 Å². The Balaban J connectivity index is 1.69. The lowest BCUT2D eigenvalue weighted by Crippen LogP contribution is -2.40. The maximum Gasteiger partial charge on any atom is 0.267 e. The Labute approximate surface area is 150 Å². The first-order valence-corrected chi connectivity index (χ1v) is 9.04. The summed E-state index contributed by atoms with van der Waals surface area (Å²) in [5.74, 6) is 1.16. The fourth-order valence-electron chi connectivity index (χ4n) is 2.68. The summed E-state index contributed by atoms with van der Waals surface area (Å²) >= 11 is 4.66. The lowest BCUT2D eigenvalue weighted by Gasteiger charge is -2.26. The number of nitrogens with zero attached hydrogens (tertiary/aromatic N) is 1. The summed E-state index contributed by atoms with van der Waals surface area (Å²) in [4.78, 5) is 15.5. The normalized spacial score (nSPS) is 16.5. The number of ether oxygens (including phenoxy) is 3. The molecular formula is C16H14BrNO5S. The number of rotatable bonds is 2. The highest BCUT2D eigenvalue weighted by molar-refractivity contribution is 9.10. The number of fused-ring (bicyclic) bond motifs is 1. The molecule has 126 valence electrons. The number of hydrogen-bond acceptors (Lipinski definition) is 6. The van der Waals surface area contributed by atoms with Crippen LogP contribution in [0.4, 0.5) is 0 Å². The van der Waals surface area contributed by atoms with Crippen molar-refractivity contribution in [3.05, 3.63) is 27.5 Å². The summed E-state index contributed by atoms with van der Waals surface area (Å²) in [6.07, 6.45) is 0. The maximum atomic E-state index is 12.7. The average Bonchev–Trinajstić information content (AvgIpc) is 3.20. The minimum Gasteiger partial charge on any atom is -0.505 e. The van der Waals surface area contributed by atoms with E-state index in [1.807, 2.05) is 18.2 Å². The van der Waals surface area contributed by atoms with Gasteiger partial charge in [-0.25, -0.2) is 0 Å². The van der Waals surface area contributed by atoms with Crippen LogP contribution in [0.15, 0.2) is 22.7 Å². The molecule has 0 atom stereocenters. The van der Waals surface area contributed by atoms with Crippen molar-refractivity contribution in [1.82, 2.24) is 4.90 Å². The minimum atomic E-state index is -0.173. The van der Waals surface area contributed by atoms with Gasteiger partial charge in [0.2, 0.25) is 6.79 Å². The largest absolute Gasteiger partial charge is 0.505 e. The van der Waals surface area contributed by atoms with Gasteiger partial charge in [0.1, 0.15) is 4.88 Å². The molecule has 2 aliphatic rings. The summed E-state index contributed by atoms with van der Waals surface area (Å²) in [5, 5.41) is 10.4. The second kappa shape index (κ2) is 6.27. The molecule has 0 saturated carbocycles. The molecule has 1 amide bonds. The average molecular weight is 412 g/mol. The molecule has 0 unspecified atom stereocenters. The molecule has 1 aromatic carbocycles. The lowest BCUT2D eigenvalue weighted by molar-refractivity contribution is 0.0304. The predicted molar refractivity (Wildman–Crippen MR) is 92.0 cm³/mol. The van der Waals surface area contributed by atoms with Crippen LogP contribution in [0.3, 0.4) is 0 Å². The third-order valence-electron chi connectivity index (χ3n) is 3.95. The number of carbonyl (C=O) groups excluding carboxylic acids is 1. The van der Waals surface area contributed by atoms with Gasteiger partial charge in [0.05, 0.1) is 22.6 Å². The van der Waals surface area contributed by atoms with E-state index in [4.69, 9.17) is 14.2 Å². The van der Waals surface area contributed by atoms with Crippen LogP contribution in [0.2, 0.25) is 0 Å². The quantitative estimate of drug-likeness (QED) is 0.821. The van der Waals surface area contributed by atoms with Crippen molar-refractivity contribution in [3.63, 3.8) is 0 Å². The third kappa shape index (κ3) is 2.64. The van der Waals surface area contributed by atoms with E-state index >= 15 is 0 Å². The molecular weight excluding hydrogens is 398 g/mol. The number of amides is 1. The van der Waals surface area contributed by atoms with E-state index in [2.05, 4.69) is 15.9 Å². The molecule has 0 radical (unpaired) electrons. The minimum absolute atomic E-state index is 0.0239. The number of thiophene rings is 1. The summed E-state index contributed by atoms with van der Waals surface area (Å²) in [5.41, 5.74) is 0.854. The monoisotopic (exact) mass is 411 g/mol. The Morgan fingerprint density at radius 2 is 1.96 bits per heavy atom. The highest BCUT2D eigenvalue weighted by Crippen LogP contribution is 2.47. The van der Waals surface area contributed by atoms with Crippen molar-refractivity contribution in [2.45, 2.75) is 0 Å². The molecule has 6 nitrogen and oxygen atoms in total. The Morgan fingerprint density at radius 1 is 1.21 bits per heavy atom. The molecule has 3 heterocycles. The molecule has 1 fully saturated rings. The van der Waals surface area contributed by atoms with E-state index in [9.17, 15) is 9.90 Å². The number of morpholine rings is 1. The van der Waals surface area contributed by atoms with Crippen molar-refractivity contribution >= 4 is 33.2 Å².